The Balaban J connectivity index is 1.51. The number of furan rings is 1. The fraction of sp³-hybridized carbons (Fsp3) is 0.476. The van der Waals surface area contributed by atoms with Gasteiger partial charge >= 0.3 is 0 Å². The Morgan fingerprint density at radius 3 is 2.81 bits per heavy atom. The Kier molecular flexibility index (Phi) is 6.71. The van der Waals surface area contributed by atoms with E-state index in [2.05, 4.69) is 19.2 Å². The molecule has 1 saturated carbocycles. The van der Waals surface area contributed by atoms with Crippen LogP contribution in [0.2, 0.25) is 5.02 Å². The Morgan fingerprint density at radius 2 is 2.00 bits per heavy atom. The molecule has 0 spiro atoms. The van der Waals surface area contributed by atoms with Crippen molar-refractivity contribution in [2.24, 2.45) is 11.8 Å². The van der Waals surface area contributed by atoms with Gasteiger partial charge in [0.1, 0.15) is 5.76 Å². The average Bonchev–Trinajstić information content (AvgIpc) is 3.10. The third-order valence-electron chi connectivity index (χ3n) is 5.37. The minimum absolute atomic E-state index is 0.0988. The third-order valence-corrected chi connectivity index (χ3v) is 6.74. The molecule has 0 radical (unpaired) electrons. The van der Waals surface area contributed by atoms with E-state index in [1.807, 2.05) is 30.3 Å². The van der Waals surface area contributed by atoms with E-state index in [4.69, 9.17) is 16.0 Å². The first-order chi connectivity index (χ1) is 12.5. The third kappa shape index (κ3) is 4.86. The number of rotatable bonds is 6. The number of nitrogens with one attached hydrogen (secondary N) is 1. The summed E-state index contributed by atoms with van der Waals surface area (Å²) in [6, 6.07) is 11.8. The maximum absolute atomic E-state index is 12.5. The molecule has 3 nitrogen and oxygen atoms in total. The lowest BCUT2D eigenvalue weighted by Gasteiger charge is -2.34. The molecular weight excluding hydrogens is 366 g/mol. The van der Waals surface area contributed by atoms with Crippen molar-refractivity contribution in [2.45, 2.75) is 50.7 Å². The predicted octanol–water partition coefficient (Wildman–Crippen LogP) is 5.92. The van der Waals surface area contributed by atoms with E-state index in [0.717, 1.165) is 34.3 Å². The summed E-state index contributed by atoms with van der Waals surface area (Å²) in [5.41, 5.74) is 1.11. The van der Waals surface area contributed by atoms with Crippen molar-refractivity contribution in [3.63, 3.8) is 0 Å². The van der Waals surface area contributed by atoms with Crippen molar-refractivity contribution in [3.8, 4) is 0 Å². The molecule has 0 saturated heterocycles. The summed E-state index contributed by atoms with van der Waals surface area (Å²) in [6.07, 6.45) is 3.48. The van der Waals surface area contributed by atoms with E-state index in [1.165, 1.54) is 12.8 Å². The lowest BCUT2D eigenvalue weighted by molar-refractivity contribution is 0.0861. The van der Waals surface area contributed by atoms with Gasteiger partial charge in [-0.2, -0.15) is 0 Å². The van der Waals surface area contributed by atoms with Gasteiger partial charge in [-0.1, -0.05) is 56.5 Å². The van der Waals surface area contributed by atoms with Crippen LogP contribution in [-0.4, -0.2) is 11.9 Å². The summed E-state index contributed by atoms with van der Waals surface area (Å²) in [7, 11) is 0. The molecule has 26 heavy (non-hydrogen) atoms. The normalized spacial score (nSPS) is 23.0. The molecule has 3 atom stereocenters. The van der Waals surface area contributed by atoms with E-state index in [0.29, 0.717) is 17.6 Å². The van der Waals surface area contributed by atoms with Crippen LogP contribution in [0, 0.1) is 11.8 Å². The number of hydrogen-bond donors (Lipinski definition) is 1. The fourth-order valence-electron chi connectivity index (χ4n) is 3.48. The minimum atomic E-state index is -0.0988. The van der Waals surface area contributed by atoms with Gasteiger partial charge in [-0.05, 0) is 42.0 Å². The van der Waals surface area contributed by atoms with E-state index in [-0.39, 0.29) is 11.9 Å². The van der Waals surface area contributed by atoms with Crippen molar-refractivity contribution >= 4 is 29.3 Å². The van der Waals surface area contributed by atoms with Crippen LogP contribution in [-0.2, 0) is 11.5 Å². The second-order valence-corrected chi connectivity index (χ2v) is 8.59. The lowest BCUT2D eigenvalue weighted by Crippen LogP contribution is -2.43. The zero-order chi connectivity index (χ0) is 18.5. The van der Waals surface area contributed by atoms with E-state index < -0.39 is 0 Å². The smallest absolute Gasteiger partial charge is 0.287 e. The molecule has 2 aromatic rings. The van der Waals surface area contributed by atoms with Gasteiger partial charge < -0.3 is 9.73 Å². The highest BCUT2D eigenvalue weighted by Crippen LogP contribution is 2.30. The Morgan fingerprint density at radius 1 is 1.19 bits per heavy atom. The van der Waals surface area contributed by atoms with Crippen molar-refractivity contribution in [2.75, 3.05) is 0 Å². The SMILES string of the molecule is C[C@H]1[C@H](C)CCC[C@H]1NC(=O)c1ccc(CSCc2ccccc2Cl)o1. The Labute approximate surface area is 164 Å². The number of amides is 1. The number of carbonyl (C=O) groups excluding carboxylic acids is 1. The summed E-state index contributed by atoms with van der Waals surface area (Å²) in [4.78, 5) is 12.5. The average molecular weight is 392 g/mol. The molecule has 0 aliphatic heterocycles. The van der Waals surface area contributed by atoms with Crippen LogP contribution in [0.15, 0.2) is 40.8 Å². The molecule has 0 bridgehead atoms. The number of carbonyl (C=O) groups is 1. The summed E-state index contributed by atoms with van der Waals surface area (Å²) in [6.45, 7) is 4.50. The molecule has 1 N–H and O–H groups in total. The standard InChI is InChI=1S/C21H26ClNO2S/c1-14-6-5-9-19(15(14)2)23-21(24)20-11-10-17(25-20)13-26-12-16-7-3-4-8-18(16)22/h3-4,7-8,10-11,14-15,19H,5-6,9,12-13H2,1-2H3,(H,23,24)/t14-,15+,19-/m1/s1. The first-order valence-corrected chi connectivity index (χ1v) is 10.8. The molecule has 1 aliphatic rings. The molecule has 0 unspecified atom stereocenters. The Hall–Kier alpha value is -1.39. The molecule has 140 valence electrons. The topological polar surface area (TPSA) is 42.2 Å². The van der Waals surface area contributed by atoms with Crippen molar-refractivity contribution in [3.05, 3.63) is 58.5 Å². The van der Waals surface area contributed by atoms with E-state index >= 15 is 0 Å². The quantitative estimate of drug-likeness (QED) is 0.664. The van der Waals surface area contributed by atoms with Crippen molar-refractivity contribution < 1.29 is 9.21 Å². The van der Waals surface area contributed by atoms with Crippen LogP contribution in [0.4, 0.5) is 0 Å². The molecule has 1 fully saturated rings. The van der Waals surface area contributed by atoms with E-state index in [9.17, 15) is 4.79 Å². The van der Waals surface area contributed by atoms with Gasteiger partial charge in [0.2, 0.25) is 0 Å². The number of halogens is 1. The zero-order valence-corrected chi connectivity index (χ0v) is 16.9. The second kappa shape index (κ2) is 9.01. The minimum Gasteiger partial charge on any atom is -0.455 e. The molecule has 1 amide bonds. The second-order valence-electron chi connectivity index (χ2n) is 7.20. The van der Waals surface area contributed by atoms with Crippen LogP contribution in [0.1, 0.15) is 55.0 Å². The number of hydrogen-bond acceptors (Lipinski definition) is 3. The van der Waals surface area contributed by atoms with Gasteiger partial charge in [0.15, 0.2) is 5.76 Å². The summed E-state index contributed by atoms with van der Waals surface area (Å²) in [5, 5.41) is 3.95. The first-order valence-electron chi connectivity index (χ1n) is 9.25. The molecule has 1 aromatic heterocycles. The molecule has 1 aliphatic carbocycles. The first kappa shape index (κ1) is 19.4. The summed E-state index contributed by atoms with van der Waals surface area (Å²) >= 11 is 7.90. The molecule has 3 rings (SSSR count). The molecule has 5 heteroatoms. The van der Waals surface area contributed by atoms with E-state index in [1.54, 1.807) is 17.8 Å². The summed E-state index contributed by atoms with van der Waals surface area (Å²) in [5.74, 6) is 3.82. The van der Waals surface area contributed by atoms with Gasteiger partial charge in [0.25, 0.3) is 5.91 Å². The highest BCUT2D eigenvalue weighted by atomic mass is 35.5. The van der Waals surface area contributed by atoms with Crippen LogP contribution in [0.5, 0.6) is 0 Å². The highest BCUT2D eigenvalue weighted by Gasteiger charge is 2.29. The Bertz CT molecular complexity index is 745. The monoisotopic (exact) mass is 391 g/mol. The van der Waals surface area contributed by atoms with Gasteiger partial charge in [0, 0.05) is 16.8 Å². The largest absolute Gasteiger partial charge is 0.455 e. The number of thioether (sulfide) groups is 1. The fourth-order valence-corrected chi connectivity index (χ4v) is 4.69. The number of benzene rings is 1. The molecular formula is C21H26ClNO2S. The maximum atomic E-state index is 12.5. The van der Waals surface area contributed by atoms with Gasteiger partial charge in [-0.3, -0.25) is 4.79 Å². The maximum Gasteiger partial charge on any atom is 0.287 e. The lowest BCUT2D eigenvalue weighted by atomic mass is 9.78. The predicted molar refractivity (Wildman–Crippen MR) is 109 cm³/mol. The van der Waals surface area contributed by atoms with Crippen LogP contribution in [0.25, 0.3) is 0 Å². The van der Waals surface area contributed by atoms with Gasteiger partial charge in [-0.25, -0.2) is 0 Å². The van der Waals surface area contributed by atoms with Gasteiger partial charge in [0.05, 0.1) is 5.75 Å². The molecule has 1 heterocycles. The van der Waals surface area contributed by atoms with Crippen LogP contribution < -0.4 is 5.32 Å². The highest BCUT2D eigenvalue weighted by molar-refractivity contribution is 7.97. The van der Waals surface area contributed by atoms with Crippen LogP contribution in [0.3, 0.4) is 0 Å². The van der Waals surface area contributed by atoms with Crippen molar-refractivity contribution in [1.82, 2.24) is 5.32 Å². The molecule has 1 aromatic carbocycles. The summed E-state index contributed by atoms with van der Waals surface area (Å²) < 4.78 is 5.75. The zero-order valence-electron chi connectivity index (χ0n) is 15.3. The van der Waals surface area contributed by atoms with Crippen LogP contribution >= 0.6 is 23.4 Å². The van der Waals surface area contributed by atoms with Gasteiger partial charge in [-0.15, -0.1) is 11.8 Å². The van der Waals surface area contributed by atoms with Crippen molar-refractivity contribution in [1.29, 1.82) is 0 Å².